The molecule has 0 aliphatic carbocycles. The number of unbranched alkanes of at least 4 members (excludes halogenated alkanes) is 1. The highest BCUT2D eigenvalue weighted by molar-refractivity contribution is 5.02. The maximum Gasteiger partial charge on any atom is 0.111 e. The van der Waals surface area contributed by atoms with Gasteiger partial charge in [0, 0.05) is 5.41 Å². The lowest BCUT2D eigenvalue weighted by Gasteiger charge is -2.47. The molecule has 0 fully saturated rings. The number of aliphatic hydroxyl groups excluding tert-OH is 12. The normalized spacial score (nSPS) is 24.2. The van der Waals surface area contributed by atoms with Gasteiger partial charge in [0.05, 0.1) is 25.4 Å². The molecule has 31 heavy (non-hydrogen) atoms. The van der Waals surface area contributed by atoms with E-state index < -0.39 is 79.7 Å². The minimum Gasteiger partial charge on any atom is -0.394 e. The van der Waals surface area contributed by atoms with Gasteiger partial charge in [-0.2, -0.15) is 0 Å². The van der Waals surface area contributed by atoms with Crippen molar-refractivity contribution in [2.45, 2.75) is 101 Å². The molecular weight excluding hydrogens is 420 g/mol. The van der Waals surface area contributed by atoms with Crippen LogP contribution in [0.4, 0.5) is 0 Å². The fraction of sp³-hybridized carbons (Fsp3) is 1.00. The smallest absolute Gasteiger partial charge is 0.111 e. The first-order valence-corrected chi connectivity index (χ1v) is 10.4. The van der Waals surface area contributed by atoms with Crippen molar-refractivity contribution in [2.24, 2.45) is 5.41 Å². The summed E-state index contributed by atoms with van der Waals surface area (Å²) in [6.45, 7) is 1.42. The van der Waals surface area contributed by atoms with Gasteiger partial charge in [0.15, 0.2) is 0 Å². The third kappa shape index (κ3) is 7.25. The summed E-state index contributed by atoms with van der Waals surface area (Å²) in [6, 6.07) is 0. The van der Waals surface area contributed by atoms with Crippen LogP contribution in [-0.4, -0.2) is 136 Å². The summed E-state index contributed by atoms with van der Waals surface area (Å²) in [7, 11) is 0. The Morgan fingerprint density at radius 2 is 0.903 bits per heavy atom. The van der Waals surface area contributed by atoms with E-state index in [9.17, 15) is 51.1 Å². The maximum atomic E-state index is 10.9. The molecule has 10 atom stereocenters. The van der Waals surface area contributed by atoms with Crippen molar-refractivity contribution in [3.05, 3.63) is 0 Å². The zero-order valence-electron chi connectivity index (χ0n) is 17.9. The summed E-state index contributed by atoms with van der Waals surface area (Å²) in [5.41, 5.74) is -1.76. The SMILES string of the molecule is CCCCC(CC)(C(O)[C@H](O)[C@@H](O)[C@H](O)[C@H](O)CO)C(O)[C@H](O)[C@@H](O)[C@H](O)[C@H](O)CO. The van der Waals surface area contributed by atoms with E-state index in [2.05, 4.69) is 0 Å². The van der Waals surface area contributed by atoms with Gasteiger partial charge in [0.25, 0.3) is 0 Å². The third-order valence-corrected chi connectivity index (χ3v) is 6.04. The lowest BCUT2D eigenvalue weighted by Crippen LogP contribution is -2.62. The van der Waals surface area contributed by atoms with Gasteiger partial charge in [0.1, 0.15) is 48.8 Å². The zero-order chi connectivity index (χ0) is 24.5. The zero-order valence-corrected chi connectivity index (χ0v) is 17.9. The molecular formula is C19H40O12. The summed E-state index contributed by atoms with van der Waals surface area (Å²) in [4.78, 5) is 0. The van der Waals surface area contributed by atoms with E-state index in [4.69, 9.17) is 10.2 Å². The Morgan fingerprint density at radius 3 is 1.16 bits per heavy atom. The fourth-order valence-electron chi connectivity index (χ4n) is 3.70. The van der Waals surface area contributed by atoms with Crippen molar-refractivity contribution < 1.29 is 61.3 Å². The monoisotopic (exact) mass is 460 g/mol. The maximum absolute atomic E-state index is 10.9. The Balaban J connectivity index is 5.94. The summed E-state index contributed by atoms with van der Waals surface area (Å²) in [5, 5.41) is 119. The van der Waals surface area contributed by atoms with Gasteiger partial charge >= 0.3 is 0 Å². The van der Waals surface area contributed by atoms with Crippen LogP contribution in [0.3, 0.4) is 0 Å². The topological polar surface area (TPSA) is 243 Å². The molecule has 12 nitrogen and oxygen atoms in total. The predicted octanol–water partition coefficient (Wildman–Crippen LogP) is -4.83. The van der Waals surface area contributed by atoms with E-state index >= 15 is 0 Å². The second-order valence-corrected chi connectivity index (χ2v) is 8.02. The van der Waals surface area contributed by atoms with Crippen LogP contribution < -0.4 is 0 Å². The van der Waals surface area contributed by atoms with Gasteiger partial charge in [0.2, 0.25) is 0 Å². The van der Waals surface area contributed by atoms with Gasteiger partial charge in [-0.3, -0.25) is 0 Å². The predicted molar refractivity (Wildman–Crippen MR) is 106 cm³/mol. The molecule has 0 saturated carbocycles. The third-order valence-electron chi connectivity index (χ3n) is 6.04. The molecule has 0 amide bonds. The molecule has 0 aliphatic heterocycles. The molecule has 0 aromatic carbocycles. The molecule has 0 saturated heterocycles. The van der Waals surface area contributed by atoms with Gasteiger partial charge < -0.3 is 61.3 Å². The minimum atomic E-state index is -2.14. The molecule has 0 radical (unpaired) electrons. The van der Waals surface area contributed by atoms with Gasteiger partial charge in [-0.1, -0.05) is 26.7 Å². The Kier molecular flexibility index (Phi) is 13.7. The van der Waals surface area contributed by atoms with Crippen LogP contribution in [0.2, 0.25) is 0 Å². The standard InChI is InChI=1S/C19H40O12/c1-3-5-6-19(4-2,17(30)15(28)13(26)11(24)9(22)7-20)18(31)16(29)14(27)12(25)10(23)8-21/h9-18,20-31H,3-8H2,1-2H3/t9-,10-,11-,12-,13+,14+,15-,16-,17?,18?,19?/m1/s1. The quantitative estimate of drug-likeness (QED) is 0.104. The Morgan fingerprint density at radius 1 is 0.548 bits per heavy atom. The first-order chi connectivity index (χ1) is 14.4. The average Bonchev–Trinajstić information content (AvgIpc) is 2.79. The highest BCUT2D eigenvalue weighted by Crippen LogP contribution is 2.41. The molecule has 0 aromatic rings. The van der Waals surface area contributed by atoms with Gasteiger partial charge in [-0.25, -0.2) is 0 Å². The largest absolute Gasteiger partial charge is 0.394 e. The van der Waals surface area contributed by atoms with Crippen LogP contribution in [0, 0.1) is 5.41 Å². The summed E-state index contributed by atoms with van der Waals surface area (Å²) >= 11 is 0. The second-order valence-electron chi connectivity index (χ2n) is 8.02. The number of aliphatic hydroxyl groups is 12. The molecule has 12 heteroatoms. The number of hydrogen-bond acceptors (Lipinski definition) is 12. The van der Waals surface area contributed by atoms with Gasteiger partial charge in [-0.15, -0.1) is 0 Å². The summed E-state index contributed by atoms with van der Waals surface area (Å²) in [6.07, 6.45) is -19.4. The second kappa shape index (κ2) is 13.9. The van der Waals surface area contributed by atoms with Crippen molar-refractivity contribution >= 4 is 0 Å². The Labute approximate surface area is 181 Å². The van der Waals surface area contributed by atoms with Crippen molar-refractivity contribution in [3.8, 4) is 0 Å². The number of rotatable bonds is 16. The van der Waals surface area contributed by atoms with Crippen LogP contribution in [0.15, 0.2) is 0 Å². The molecule has 2 unspecified atom stereocenters. The molecule has 0 aromatic heterocycles. The lowest BCUT2D eigenvalue weighted by molar-refractivity contribution is -0.213. The van der Waals surface area contributed by atoms with Gasteiger partial charge in [-0.05, 0) is 12.8 Å². The highest BCUT2D eigenvalue weighted by Gasteiger charge is 2.52. The van der Waals surface area contributed by atoms with Crippen LogP contribution in [0.5, 0.6) is 0 Å². The molecule has 0 bridgehead atoms. The molecule has 12 N–H and O–H groups in total. The van der Waals surface area contributed by atoms with Crippen LogP contribution >= 0.6 is 0 Å². The lowest BCUT2D eigenvalue weighted by atomic mass is 9.66. The van der Waals surface area contributed by atoms with Crippen LogP contribution in [-0.2, 0) is 0 Å². The van der Waals surface area contributed by atoms with E-state index in [0.717, 1.165) is 0 Å². The fourth-order valence-corrected chi connectivity index (χ4v) is 3.70. The van der Waals surface area contributed by atoms with Crippen molar-refractivity contribution in [1.82, 2.24) is 0 Å². The molecule has 0 heterocycles. The minimum absolute atomic E-state index is 0.0206. The Bertz CT molecular complexity index is 447. The van der Waals surface area contributed by atoms with Crippen molar-refractivity contribution in [3.63, 3.8) is 0 Å². The summed E-state index contributed by atoms with van der Waals surface area (Å²) < 4.78 is 0. The highest BCUT2D eigenvalue weighted by atomic mass is 16.4. The average molecular weight is 461 g/mol. The first kappa shape index (κ1) is 30.5. The molecule has 0 aliphatic rings. The Hall–Kier alpha value is -0.480. The molecule has 0 spiro atoms. The van der Waals surface area contributed by atoms with E-state index in [-0.39, 0.29) is 12.8 Å². The van der Waals surface area contributed by atoms with E-state index in [1.165, 1.54) is 6.92 Å². The van der Waals surface area contributed by atoms with Crippen LogP contribution in [0.25, 0.3) is 0 Å². The van der Waals surface area contributed by atoms with Crippen molar-refractivity contribution in [1.29, 1.82) is 0 Å². The molecule has 188 valence electrons. The first-order valence-electron chi connectivity index (χ1n) is 10.4. The van der Waals surface area contributed by atoms with Crippen LogP contribution in [0.1, 0.15) is 39.5 Å². The molecule has 0 rings (SSSR count). The van der Waals surface area contributed by atoms with Crippen molar-refractivity contribution in [2.75, 3.05) is 13.2 Å². The van der Waals surface area contributed by atoms with E-state index in [1.54, 1.807) is 6.92 Å². The number of hydrogen-bond donors (Lipinski definition) is 12. The van der Waals surface area contributed by atoms with E-state index in [0.29, 0.717) is 12.8 Å². The van der Waals surface area contributed by atoms with E-state index in [1.807, 2.05) is 0 Å². The summed E-state index contributed by atoms with van der Waals surface area (Å²) in [5.74, 6) is 0.